The van der Waals surface area contributed by atoms with E-state index in [1.54, 1.807) is 0 Å². The van der Waals surface area contributed by atoms with E-state index in [1.807, 2.05) is 0 Å². The smallest absolute Gasteiger partial charge is 0.0725 e. The number of hydrogen-bond donors (Lipinski definition) is 0. The van der Waals surface area contributed by atoms with Crippen LogP contribution in [0.4, 0.5) is 34.1 Å². The van der Waals surface area contributed by atoms with Gasteiger partial charge in [0.05, 0.1) is 5.41 Å². The molecule has 1 spiro atoms. The first kappa shape index (κ1) is 55.0. The second-order valence-corrected chi connectivity index (χ2v) is 24.3. The summed E-state index contributed by atoms with van der Waals surface area (Å²) in [6.07, 6.45) is 0. The highest BCUT2D eigenvalue weighted by atomic mass is 15.2. The van der Waals surface area contributed by atoms with Crippen molar-refractivity contribution in [2.45, 2.75) is 5.41 Å². The van der Waals surface area contributed by atoms with E-state index in [9.17, 15) is 0 Å². The van der Waals surface area contributed by atoms with E-state index in [2.05, 4.69) is 386 Å². The van der Waals surface area contributed by atoms with Crippen LogP contribution in [0.25, 0.3) is 100 Å². The molecule has 17 rings (SSSR count). The largest absolute Gasteiger partial charge is 0.310 e. The summed E-state index contributed by atoms with van der Waals surface area (Å²) in [5, 5.41) is 0. The minimum absolute atomic E-state index is 0.471. The van der Waals surface area contributed by atoms with Gasteiger partial charge in [0, 0.05) is 34.1 Å². The lowest BCUT2D eigenvalue weighted by atomic mass is 9.70. The molecule has 2 aliphatic carbocycles. The normalized spacial score (nSPS) is 12.2. The molecule has 2 aliphatic rings. The Morgan fingerprint density at radius 3 is 0.817 bits per heavy atom. The second-order valence-electron chi connectivity index (χ2n) is 24.3. The SMILES string of the molecule is c1ccc(-c2ccc(N(c3cc(-c4ccc5c(c4)-c4ccccc4C54c5ccccc5-c5ccccc54)cc(N(c4ccc(-c5ccccc5)cc4)c4ccc(-c5ccccc5)c(-c5ccccc5)c4)c3)c3ccc(-c4ccccc4)c(-c4ccccc4)c3)cc2)cc1. The van der Waals surface area contributed by atoms with Crippen LogP contribution in [0.2, 0.25) is 0 Å². The molecule has 0 aliphatic heterocycles. The number of benzene rings is 15. The van der Waals surface area contributed by atoms with Gasteiger partial charge < -0.3 is 9.80 Å². The lowest BCUT2D eigenvalue weighted by Crippen LogP contribution is -2.25. The van der Waals surface area contributed by atoms with Crippen LogP contribution < -0.4 is 9.80 Å². The first-order valence-electron chi connectivity index (χ1n) is 32.1. The third-order valence-electron chi connectivity index (χ3n) is 19.1. The Morgan fingerprint density at radius 1 is 0.140 bits per heavy atom. The van der Waals surface area contributed by atoms with Gasteiger partial charge in [-0.05, 0) is 195 Å². The molecule has 0 saturated carbocycles. The minimum Gasteiger partial charge on any atom is -0.310 e. The van der Waals surface area contributed by atoms with Crippen LogP contribution in [0.3, 0.4) is 0 Å². The number of nitrogens with zero attached hydrogens (tertiary/aromatic N) is 2. The van der Waals surface area contributed by atoms with Crippen molar-refractivity contribution in [2.24, 2.45) is 0 Å². The fraction of sp³-hybridized carbons (Fsp3) is 0.0110. The number of anilines is 6. The van der Waals surface area contributed by atoms with Crippen LogP contribution in [-0.4, -0.2) is 0 Å². The van der Waals surface area contributed by atoms with Crippen molar-refractivity contribution in [1.82, 2.24) is 0 Å². The van der Waals surface area contributed by atoms with Gasteiger partial charge in [0.15, 0.2) is 0 Å². The number of rotatable bonds is 13. The van der Waals surface area contributed by atoms with Gasteiger partial charge in [-0.25, -0.2) is 0 Å². The monoisotopic (exact) mass is 1180 g/mol. The van der Waals surface area contributed by atoms with Crippen molar-refractivity contribution in [3.05, 3.63) is 398 Å². The Labute approximate surface area is 544 Å². The molecule has 15 aromatic carbocycles. The molecule has 0 amide bonds. The van der Waals surface area contributed by atoms with Gasteiger partial charge in [-0.2, -0.15) is 0 Å². The Hall–Kier alpha value is -12.1. The molecule has 2 nitrogen and oxygen atoms in total. The Morgan fingerprint density at radius 2 is 0.430 bits per heavy atom. The maximum Gasteiger partial charge on any atom is 0.0725 e. The summed E-state index contributed by atoms with van der Waals surface area (Å²) in [7, 11) is 0. The molecule has 0 fully saturated rings. The summed E-state index contributed by atoms with van der Waals surface area (Å²) in [5.41, 5.74) is 32.2. The van der Waals surface area contributed by atoms with Crippen molar-refractivity contribution in [3.63, 3.8) is 0 Å². The van der Waals surface area contributed by atoms with Crippen LogP contribution in [0.1, 0.15) is 22.3 Å². The molecule has 0 heterocycles. The zero-order valence-electron chi connectivity index (χ0n) is 51.2. The third kappa shape index (κ3) is 9.67. The predicted molar refractivity (Wildman–Crippen MR) is 390 cm³/mol. The maximum absolute atomic E-state index is 2.48. The highest BCUT2D eigenvalue weighted by molar-refractivity contribution is 5.98. The molecule has 0 radical (unpaired) electrons. The van der Waals surface area contributed by atoms with E-state index in [1.165, 1.54) is 66.8 Å². The number of fused-ring (bicyclic) bond motifs is 10. The summed E-state index contributed by atoms with van der Waals surface area (Å²) in [6, 6.07) is 139. The zero-order valence-corrected chi connectivity index (χ0v) is 51.2. The lowest BCUT2D eigenvalue weighted by molar-refractivity contribution is 0.794. The van der Waals surface area contributed by atoms with Gasteiger partial charge in [-0.15, -0.1) is 0 Å². The Balaban J connectivity index is 0.938. The summed E-state index contributed by atoms with van der Waals surface area (Å²) in [6.45, 7) is 0. The predicted octanol–water partition coefficient (Wildman–Crippen LogP) is 24.6. The van der Waals surface area contributed by atoms with Gasteiger partial charge in [-0.1, -0.05) is 303 Å². The second kappa shape index (κ2) is 23.4. The molecule has 0 aromatic heterocycles. The van der Waals surface area contributed by atoms with Crippen molar-refractivity contribution in [3.8, 4) is 100 Å². The summed E-state index contributed by atoms with van der Waals surface area (Å²) >= 11 is 0. The van der Waals surface area contributed by atoms with Crippen LogP contribution in [0.15, 0.2) is 376 Å². The van der Waals surface area contributed by atoms with Gasteiger partial charge in [0.1, 0.15) is 0 Å². The third-order valence-corrected chi connectivity index (χ3v) is 19.1. The van der Waals surface area contributed by atoms with Gasteiger partial charge >= 0.3 is 0 Å². The van der Waals surface area contributed by atoms with Gasteiger partial charge in [0.25, 0.3) is 0 Å². The fourth-order valence-corrected chi connectivity index (χ4v) is 14.9. The van der Waals surface area contributed by atoms with Crippen LogP contribution in [-0.2, 0) is 5.41 Å². The molecule has 436 valence electrons. The summed E-state index contributed by atoms with van der Waals surface area (Å²) in [5.74, 6) is 0. The molecule has 0 unspecified atom stereocenters. The van der Waals surface area contributed by atoms with Crippen molar-refractivity contribution < 1.29 is 0 Å². The molecular formula is C91H62N2. The molecular weight excluding hydrogens is 1120 g/mol. The molecule has 0 bridgehead atoms. The summed E-state index contributed by atoms with van der Waals surface area (Å²) in [4.78, 5) is 4.94. The standard InChI is InChI=1S/C91H62N2/c1-7-25-63(26-8-1)65-43-48-73(49-44-65)92(75-52-54-79(67-29-11-3-12-30-67)84(61-75)69-33-15-5-16-34-69)77-57-72(71-47-56-90-86(59-71)83-39-21-24-42-89(83)91(90)87-40-22-19-37-81(87)82-38-20-23-41-88(82)91)58-78(60-77)93(74-50-45-66(46-51-74)64-27-9-2-10-28-64)76-53-55-80(68-31-13-4-14-32-68)85(62-76)70-35-17-6-18-36-70/h1-62H. The maximum atomic E-state index is 2.48. The van der Waals surface area contributed by atoms with E-state index in [-0.39, 0.29) is 0 Å². The Bertz CT molecular complexity index is 4940. The minimum atomic E-state index is -0.471. The number of hydrogen-bond acceptors (Lipinski definition) is 2. The lowest BCUT2D eigenvalue weighted by Gasteiger charge is -2.32. The first-order chi connectivity index (χ1) is 46.1. The van der Waals surface area contributed by atoms with Crippen LogP contribution in [0.5, 0.6) is 0 Å². The van der Waals surface area contributed by atoms with Crippen molar-refractivity contribution in [2.75, 3.05) is 9.80 Å². The average Bonchev–Trinajstić information content (AvgIpc) is 1.51. The molecule has 0 atom stereocenters. The van der Waals surface area contributed by atoms with E-state index >= 15 is 0 Å². The highest BCUT2D eigenvalue weighted by Gasteiger charge is 2.51. The van der Waals surface area contributed by atoms with Crippen LogP contribution >= 0.6 is 0 Å². The summed E-state index contributed by atoms with van der Waals surface area (Å²) < 4.78 is 0. The zero-order chi connectivity index (χ0) is 61.7. The molecule has 0 saturated heterocycles. The average molecular weight is 1180 g/mol. The highest BCUT2D eigenvalue weighted by Crippen LogP contribution is 2.63. The molecule has 2 heteroatoms. The molecule has 93 heavy (non-hydrogen) atoms. The first-order valence-corrected chi connectivity index (χ1v) is 32.1. The molecule has 0 N–H and O–H groups in total. The van der Waals surface area contributed by atoms with E-state index < -0.39 is 5.41 Å². The quantitative estimate of drug-likeness (QED) is 0.114. The van der Waals surface area contributed by atoms with Crippen LogP contribution in [0, 0.1) is 0 Å². The van der Waals surface area contributed by atoms with Gasteiger partial charge in [-0.3, -0.25) is 0 Å². The van der Waals surface area contributed by atoms with Gasteiger partial charge in [0.2, 0.25) is 0 Å². The molecule has 15 aromatic rings. The van der Waals surface area contributed by atoms with E-state index in [4.69, 9.17) is 0 Å². The fourth-order valence-electron chi connectivity index (χ4n) is 14.9. The van der Waals surface area contributed by atoms with Crippen molar-refractivity contribution >= 4 is 34.1 Å². The Kier molecular flexibility index (Phi) is 13.8. The van der Waals surface area contributed by atoms with E-state index in [0.29, 0.717) is 0 Å². The topological polar surface area (TPSA) is 6.48 Å². The van der Waals surface area contributed by atoms with E-state index in [0.717, 1.165) is 89.8 Å². The van der Waals surface area contributed by atoms with Crippen molar-refractivity contribution in [1.29, 1.82) is 0 Å².